The third-order valence-corrected chi connectivity index (χ3v) is 4.06. The maximum atomic E-state index is 12.3. The number of aromatic nitrogens is 1. The summed E-state index contributed by atoms with van der Waals surface area (Å²) in [5.74, 6) is -0.485. The van der Waals surface area contributed by atoms with Crippen LogP contribution in [0, 0.1) is 5.92 Å². The van der Waals surface area contributed by atoms with Crippen molar-refractivity contribution in [1.29, 1.82) is 0 Å². The summed E-state index contributed by atoms with van der Waals surface area (Å²) >= 11 is 0. The first-order valence-corrected chi connectivity index (χ1v) is 8.66. The third-order valence-electron chi connectivity index (χ3n) is 4.06. The Morgan fingerprint density at radius 1 is 1.32 bits per heavy atom. The van der Waals surface area contributed by atoms with E-state index in [4.69, 9.17) is 4.74 Å². The highest BCUT2D eigenvalue weighted by molar-refractivity contribution is 5.96. The van der Waals surface area contributed by atoms with Crippen molar-refractivity contribution in [2.75, 3.05) is 18.0 Å². The van der Waals surface area contributed by atoms with Crippen LogP contribution < -0.4 is 10.2 Å². The van der Waals surface area contributed by atoms with Gasteiger partial charge in [-0.15, -0.1) is 0 Å². The van der Waals surface area contributed by atoms with E-state index >= 15 is 0 Å². The number of amides is 1. The van der Waals surface area contributed by atoms with Crippen molar-refractivity contribution in [3.05, 3.63) is 23.9 Å². The quantitative estimate of drug-likeness (QED) is 0.815. The molecule has 1 amide bonds. The van der Waals surface area contributed by atoms with Crippen molar-refractivity contribution >= 4 is 17.7 Å². The van der Waals surface area contributed by atoms with E-state index in [0.29, 0.717) is 12.0 Å². The number of hydrogen-bond donors (Lipinski definition) is 2. The highest BCUT2D eigenvalue weighted by Gasteiger charge is 2.24. The summed E-state index contributed by atoms with van der Waals surface area (Å²) in [5.41, 5.74) is 0.355. The number of carbonyl (C=O) groups is 2. The first kappa shape index (κ1) is 19.2. The van der Waals surface area contributed by atoms with E-state index in [-0.39, 0.29) is 18.1 Å². The summed E-state index contributed by atoms with van der Waals surface area (Å²) in [6.45, 7) is 9.37. The molecule has 1 aliphatic heterocycles. The lowest BCUT2D eigenvalue weighted by molar-refractivity contribution is -0.139. The minimum absolute atomic E-state index is 0.126. The summed E-state index contributed by atoms with van der Waals surface area (Å²) in [5, 5.41) is 11.8. The summed E-state index contributed by atoms with van der Waals surface area (Å²) in [4.78, 5) is 30.1. The minimum atomic E-state index is -1.03. The van der Waals surface area contributed by atoms with Gasteiger partial charge in [0, 0.05) is 19.3 Å². The Morgan fingerprint density at radius 2 is 1.96 bits per heavy atom. The Hall–Kier alpha value is -2.15. The van der Waals surface area contributed by atoms with E-state index in [2.05, 4.69) is 15.2 Å². The van der Waals surface area contributed by atoms with Gasteiger partial charge in [0.15, 0.2) is 0 Å². The molecular formula is C18H27N3O4. The molecule has 1 aromatic heterocycles. The number of carboxylic acids is 1. The molecule has 2 N–H and O–H groups in total. The highest BCUT2D eigenvalue weighted by atomic mass is 16.5. The number of pyridine rings is 1. The molecule has 3 atom stereocenters. The van der Waals surface area contributed by atoms with Crippen molar-refractivity contribution < 1.29 is 19.4 Å². The number of hydrogen-bond acceptors (Lipinski definition) is 5. The second-order valence-corrected chi connectivity index (χ2v) is 7.06. The molecular weight excluding hydrogens is 322 g/mol. The van der Waals surface area contributed by atoms with Crippen LogP contribution in [0.5, 0.6) is 0 Å². The number of nitrogens with zero attached hydrogens (tertiary/aromatic N) is 2. The molecule has 0 bridgehead atoms. The lowest BCUT2D eigenvalue weighted by atomic mass is 10.0. The Bertz CT molecular complexity index is 593. The predicted octanol–water partition coefficient (Wildman–Crippen LogP) is 1.92. The van der Waals surface area contributed by atoms with Gasteiger partial charge < -0.3 is 20.1 Å². The molecule has 7 nitrogen and oxygen atoms in total. The predicted molar refractivity (Wildman–Crippen MR) is 94.8 cm³/mol. The van der Waals surface area contributed by atoms with Crippen LogP contribution in [0.2, 0.25) is 0 Å². The fraction of sp³-hybridized carbons (Fsp3) is 0.611. The van der Waals surface area contributed by atoms with Crippen molar-refractivity contribution in [2.24, 2.45) is 5.92 Å². The Labute approximate surface area is 148 Å². The van der Waals surface area contributed by atoms with Crippen LogP contribution in [0.3, 0.4) is 0 Å². The van der Waals surface area contributed by atoms with E-state index in [1.54, 1.807) is 12.1 Å². The number of ether oxygens (including phenoxy) is 1. The van der Waals surface area contributed by atoms with E-state index in [1.807, 2.05) is 27.7 Å². The fourth-order valence-electron chi connectivity index (χ4n) is 3.01. The zero-order chi connectivity index (χ0) is 18.6. The number of nitrogens with one attached hydrogen (secondary N) is 1. The summed E-state index contributed by atoms with van der Waals surface area (Å²) in [6.07, 6.45) is 2.13. The van der Waals surface area contributed by atoms with Crippen LogP contribution in [0.25, 0.3) is 0 Å². The molecule has 138 valence electrons. The number of rotatable bonds is 6. The van der Waals surface area contributed by atoms with Gasteiger partial charge in [-0.2, -0.15) is 0 Å². The largest absolute Gasteiger partial charge is 0.480 e. The number of carboxylic acid groups (broad SMARTS) is 1. The Morgan fingerprint density at radius 3 is 2.44 bits per heavy atom. The number of aliphatic carboxylic acids is 1. The standard InChI is InChI=1S/C18H27N3O4/c1-11(2)7-15(18(23)24)20-17(22)14-5-6-16(19-8-14)21-9-12(3)25-13(4)10-21/h5-6,8,11-13,15H,7,9-10H2,1-4H3,(H,20,22)(H,23,24)/t12?,13?,15-/m1/s1. The van der Waals surface area contributed by atoms with E-state index in [9.17, 15) is 14.7 Å². The molecule has 2 unspecified atom stereocenters. The van der Waals surface area contributed by atoms with Gasteiger partial charge in [0.05, 0.1) is 17.8 Å². The van der Waals surface area contributed by atoms with Crippen LogP contribution >= 0.6 is 0 Å². The van der Waals surface area contributed by atoms with Crippen LogP contribution in [-0.4, -0.2) is 53.3 Å². The van der Waals surface area contributed by atoms with E-state index < -0.39 is 17.9 Å². The van der Waals surface area contributed by atoms with Crippen molar-refractivity contribution in [1.82, 2.24) is 10.3 Å². The molecule has 1 saturated heterocycles. The topological polar surface area (TPSA) is 91.8 Å². The molecule has 7 heteroatoms. The smallest absolute Gasteiger partial charge is 0.326 e. The minimum Gasteiger partial charge on any atom is -0.480 e. The molecule has 25 heavy (non-hydrogen) atoms. The first-order valence-electron chi connectivity index (χ1n) is 8.66. The van der Waals surface area contributed by atoms with Crippen molar-refractivity contribution in [3.8, 4) is 0 Å². The van der Waals surface area contributed by atoms with Crippen LogP contribution in [0.4, 0.5) is 5.82 Å². The monoisotopic (exact) mass is 349 g/mol. The normalized spacial score (nSPS) is 21.9. The SMILES string of the molecule is CC(C)C[C@@H](NC(=O)c1ccc(N2CC(C)OC(C)C2)nc1)C(=O)O. The number of morpholine rings is 1. The number of carbonyl (C=O) groups excluding carboxylic acids is 1. The van der Waals surface area contributed by atoms with E-state index in [0.717, 1.165) is 18.9 Å². The van der Waals surface area contributed by atoms with Crippen molar-refractivity contribution in [2.45, 2.75) is 52.4 Å². The van der Waals surface area contributed by atoms with Gasteiger partial charge in [0.25, 0.3) is 5.91 Å². The van der Waals surface area contributed by atoms with E-state index in [1.165, 1.54) is 6.20 Å². The molecule has 0 aromatic carbocycles. The van der Waals surface area contributed by atoms with Gasteiger partial charge >= 0.3 is 5.97 Å². The zero-order valence-corrected chi connectivity index (χ0v) is 15.2. The van der Waals surface area contributed by atoms with Crippen LogP contribution in [0.1, 0.15) is 44.5 Å². The van der Waals surface area contributed by atoms with Gasteiger partial charge in [-0.3, -0.25) is 4.79 Å². The average Bonchev–Trinajstić information content (AvgIpc) is 2.53. The molecule has 2 rings (SSSR count). The van der Waals surface area contributed by atoms with Crippen LogP contribution in [0.15, 0.2) is 18.3 Å². The molecule has 2 heterocycles. The van der Waals surface area contributed by atoms with Crippen LogP contribution in [-0.2, 0) is 9.53 Å². The second-order valence-electron chi connectivity index (χ2n) is 7.06. The maximum absolute atomic E-state index is 12.3. The molecule has 0 aliphatic carbocycles. The van der Waals surface area contributed by atoms with Gasteiger partial charge in [0.1, 0.15) is 11.9 Å². The maximum Gasteiger partial charge on any atom is 0.326 e. The second kappa shape index (κ2) is 8.29. The fourth-order valence-corrected chi connectivity index (χ4v) is 3.01. The summed E-state index contributed by atoms with van der Waals surface area (Å²) in [7, 11) is 0. The first-order chi connectivity index (χ1) is 11.8. The summed E-state index contributed by atoms with van der Waals surface area (Å²) in [6, 6.07) is 2.57. The summed E-state index contributed by atoms with van der Waals surface area (Å²) < 4.78 is 5.71. The molecule has 0 saturated carbocycles. The molecule has 1 aromatic rings. The average molecular weight is 349 g/mol. The zero-order valence-electron chi connectivity index (χ0n) is 15.2. The Balaban J connectivity index is 2.03. The molecule has 0 radical (unpaired) electrons. The van der Waals surface area contributed by atoms with Gasteiger partial charge in [-0.25, -0.2) is 9.78 Å². The molecule has 0 spiro atoms. The molecule has 1 aliphatic rings. The lowest BCUT2D eigenvalue weighted by Gasteiger charge is -2.36. The van der Waals surface area contributed by atoms with Gasteiger partial charge in [0.2, 0.25) is 0 Å². The Kier molecular flexibility index (Phi) is 6.36. The third kappa shape index (κ3) is 5.42. The molecule has 1 fully saturated rings. The highest BCUT2D eigenvalue weighted by Crippen LogP contribution is 2.18. The van der Waals surface area contributed by atoms with Gasteiger partial charge in [-0.1, -0.05) is 13.8 Å². The lowest BCUT2D eigenvalue weighted by Crippen LogP contribution is -2.45. The number of anilines is 1. The van der Waals surface area contributed by atoms with Crippen molar-refractivity contribution in [3.63, 3.8) is 0 Å². The van der Waals surface area contributed by atoms with Gasteiger partial charge in [-0.05, 0) is 38.3 Å².